The van der Waals surface area contributed by atoms with Crippen molar-refractivity contribution in [1.29, 1.82) is 5.26 Å². The minimum absolute atomic E-state index is 0.0697. The van der Waals surface area contributed by atoms with Gasteiger partial charge in [0.1, 0.15) is 0 Å². The Kier molecular flexibility index (Phi) is 5.03. The van der Waals surface area contributed by atoms with E-state index in [9.17, 15) is 0 Å². The number of hydrogen-bond acceptors (Lipinski definition) is 3. The molecule has 0 aromatic carbocycles. The van der Waals surface area contributed by atoms with Crippen LogP contribution in [0.15, 0.2) is 0 Å². The Hall–Kier alpha value is -0.590. The Morgan fingerprint density at radius 2 is 1.89 bits per heavy atom. The number of nitriles is 1. The standard InChI is InChI=1S/C15H27N3/c1-12(2)13-5-8-18(9-6-13)10-7-15(11-16)17-14-3-4-14/h12-15,17H,3-10H2,1-2H3. The molecule has 2 fully saturated rings. The minimum atomic E-state index is 0.0697. The van der Waals surface area contributed by atoms with Crippen molar-refractivity contribution in [3.05, 3.63) is 0 Å². The molecule has 3 nitrogen and oxygen atoms in total. The Balaban J connectivity index is 1.63. The lowest BCUT2D eigenvalue weighted by Gasteiger charge is -2.34. The molecular formula is C15H27N3. The van der Waals surface area contributed by atoms with Crippen molar-refractivity contribution in [3.8, 4) is 6.07 Å². The predicted octanol–water partition coefficient (Wildman–Crippen LogP) is 2.39. The van der Waals surface area contributed by atoms with Crippen molar-refractivity contribution in [2.45, 2.75) is 58.0 Å². The summed E-state index contributed by atoms with van der Waals surface area (Å²) in [6.07, 6.45) is 6.19. The first kappa shape index (κ1) is 13.8. The molecular weight excluding hydrogens is 222 g/mol. The van der Waals surface area contributed by atoms with E-state index >= 15 is 0 Å². The van der Waals surface area contributed by atoms with Crippen LogP contribution in [0.5, 0.6) is 0 Å². The van der Waals surface area contributed by atoms with Gasteiger partial charge in [-0.1, -0.05) is 13.8 Å². The number of hydrogen-bond donors (Lipinski definition) is 1. The molecule has 0 amide bonds. The van der Waals surface area contributed by atoms with Crippen molar-refractivity contribution >= 4 is 0 Å². The number of nitrogens with one attached hydrogen (secondary N) is 1. The first-order valence-corrected chi connectivity index (χ1v) is 7.57. The van der Waals surface area contributed by atoms with Crippen LogP contribution in [0.1, 0.15) is 46.0 Å². The highest BCUT2D eigenvalue weighted by Crippen LogP contribution is 2.24. The van der Waals surface area contributed by atoms with Gasteiger partial charge >= 0.3 is 0 Å². The minimum Gasteiger partial charge on any atom is -0.303 e. The lowest BCUT2D eigenvalue weighted by molar-refractivity contribution is 0.154. The van der Waals surface area contributed by atoms with Crippen LogP contribution in [0.3, 0.4) is 0 Å². The highest BCUT2D eigenvalue weighted by atomic mass is 15.1. The second-order valence-corrected chi connectivity index (χ2v) is 6.33. The summed E-state index contributed by atoms with van der Waals surface area (Å²) < 4.78 is 0. The van der Waals surface area contributed by atoms with Crippen LogP contribution < -0.4 is 5.32 Å². The molecule has 0 bridgehead atoms. The van der Waals surface area contributed by atoms with Gasteiger partial charge in [-0.3, -0.25) is 5.32 Å². The Labute approximate surface area is 112 Å². The average Bonchev–Trinajstić information content (AvgIpc) is 3.18. The van der Waals surface area contributed by atoms with E-state index in [1.165, 1.54) is 38.8 Å². The maximum atomic E-state index is 9.12. The van der Waals surface area contributed by atoms with E-state index in [0.29, 0.717) is 6.04 Å². The predicted molar refractivity (Wildman–Crippen MR) is 74.2 cm³/mol. The highest BCUT2D eigenvalue weighted by Gasteiger charge is 2.25. The molecule has 2 rings (SSSR count). The summed E-state index contributed by atoms with van der Waals surface area (Å²) in [6, 6.07) is 3.11. The van der Waals surface area contributed by atoms with Gasteiger partial charge < -0.3 is 4.90 Å². The zero-order valence-electron chi connectivity index (χ0n) is 11.9. The van der Waals surface area contributed by atoms with E-state index in [1.54, 1.807) is 0 Å². The van der Waals surface area contributed by atoms with Crippen LogP contribution in [-0.4, -0.2) is 36.6 Å². The van der Waals surface area contributed by atoms with E-state index in [4.69, 9.17) is 5.26 Å². The summed E-state index contributed by atoms with van der Waals surface area (Å²) in [5, 5.41) is 12.5. The van der Waals surface area contributed by atoms with Crippen LogP contribution in [0.4, 0.5) is 0 Å². The topological polar surface area (TPSA) is 39.1 Å². The molecule has 1 heterocycles. The molecule has 0 radical (unpaired) electrons. The molecule has 0 spiro atoms. The van der Waals surface area contributed by atoms with E-state index in [1.807, 2.05) is 0 Å². The Morgan fingerprint density at radius 1 is 1.22 bits per heavy atom. The SMILES string of the molecule is CC(C)C1CCN(CCC(C#N)NC2CC2)CC1. The number of piperidine rings is 1. The molecule has 1 N–H and O–H groups in total. The summed E-state index contributed by atoms with van der Waals surface area (Å²) in [5.74, 6) is 1.74. The fourth-order valence-electron chi connectivity index (χ4n) is 2.87. The monoisotopic (exact) mass is 249 g/mol. The summed E-state index contributed by atoms with van der Waals surface area (Å²) in [5.41, 5.74) is 0. The Bertz CT molecular complexity index is 283. The molecule has 0 aromatic rings. The summed E-state index contributed by atoms with van der Waals surface area (Å²) >= 11 is 0. The molecule has 3 heteroatoms. The number of nitrogens with zero attached hydrogens (tertiary/aromatic N) is 2. The molecule has 2 aliphatic rings. The van der Waals surface area contributed by atoms with E-state index in [2.05, 4.69) is 30.1 Å². The fourth-order valence-corrected chi connectivity index (χ4v) is 2.87. The van der Waals surface area contributed by atoms with Crippen LogP contribution >= 0.6 is 0 Å². The largest absolute Gasteiger partial charge is 0.303 e. The molecule has 1 saturated heterocycles. The quantitative estimate of drug-likeness (QED) is 0.785. The van der Waals surface area contributed by atoms with Gasteiger partial charge in [-0.15, -0.1) is 0 Å². The molecule has 1 aliphatic heterocycles. The zero-order chi connectivity index (χ0) is 13.0. The smallest absolute Gasteiger partial charge is 0.0967 e. The Morgan fingerprint density at radius 3 is 2.39 bits per heavy atom. The van der Waals surface area contributed by atoms with Gasteiger partial charge in [0.15, 0.2) is 0 Å². The van der Waals surface area contributed by atoms with Crippen molar-refractivity contribution in [2.75, 3.05) is 19.6 Å². The van der Waals surface area contributed by atoms with Gasteiger partial charge in [-0.2, -0.15) is 5.26 Å². The van der Waals surface area contributed by atoms with Gasteiger partial charge in [0, 0.05) is 12.6 Å². The molecule has 1 saturated carbocycles. The van der Waals surface area contributed by atoms with Gasteiger partial charge in [-0.05, 0) is 57.0 Å². The van der Waals surface area contributed by atoms with Gasteiger partial charge in [0.2, 0.25) is 0 Å². The summed E-state index contributed by atoms with van der Waals surface area (Å²) in [7, 11) is 0. The molecule has 102 valence electrons. The third-order valence-corrected chi connectivity index (χ3v) is 4.48. The second kappa shape index (κ2) is 6.54. The van der Waals surface area contributed by atoms with Crippen molar-refractivity contribution in [3.63, 3.8) is 0 Å². The first-order valence-electron chi connectivity index (χ1n) is 7.57. The van der Waals surface area contributed by atoms with Crippen LogP contribution in [0.25, 0.3) is 0 Å². The van der Waals surface area contributed by atoms with Crippen molar-refractivity contribution in [1.82, 2.24) is 10.2 Å². The van der Waals surface area contributed by atoms with E-state index < -0.39 is 0 Å². The van der Waals surface area contributed by atoms with Gasteiger partial charge in [0.05, 0.1) is 12.1 Å². The van der Waals surface area contributed by atoms with Gasteiger partial charge in [0.25, 0.3) is 0 Å². The van der Waals surface area contributed by atoms with Crippen LogP contribution in [0.2, 0.25) is 0 Å². The summed E-state index contributed by atoms with van der Waals surface area (Å²) in [4.78, 5) is 2.54. The zero-order valence-corrected chi connectivity index (χ0v) is 11.9. The number of rotatable bonds is 6. The van der Waals surface area contributed by atoms with Gasteiger partial charge in [-0.25, -0.2) is 0 Å². The maximum Gasteiger partial charge on any atom is 0.0967 e. The molecule has 1 aliphatic carbocycles. The average molecular weight is 249 g/mol. The van der Waals surface area contributed by atoms with E-state index in [-0.39, 0.29) is 6.04 Å². The van der Waals surface area contributed by atoms with Crippen molar-refractivity contribution in [2.24, 2.45) is 11.8 Å². The third-order valence-electron chi connectivity index (χ3n) is 4.48. The lowest BCUT2D eigenvalue weighted by atomic mass is 9.86. The van der Waals surface area contributed by atoms with Crippen LogP contribution in [-0.2, 0) is 0 Å². The lowest BCUT2D eigenvalue weighted by Crippen LogP contribution is -2.39. The van der Waals surface area contributed by atoms with Crippen LogP contribution in [0, 0.1) is 23.2 Å². The van der Waals surface area contributed by atoms with E-state index in [0.717, 1.165) is 24.8 Å². The van der Waals surface area contributed by atoms with Crippen molar-refractivity contribution < 1.29 is 0 Å². The normalized spacial score (nSPS) is 24.1. The maximum absolute atomic E-state index is 9.12. The molecule has 1 unspecified atom stereocenters. The second-order valence-electron chi connectivity index (χ2n) is 6.33. The summed E-state index contributed by atoms with van der Waals surface area (Å²) in [6.45, 7) is 8.22. The third kappa shape index (κ3) is 4.26. The molecule has 1 atom stereocenters. The molecule has 0 aromatic heterocycles. The highest BCUT2D eigenvalue weighted by molar-refractivity contribution is 4.96. The first-order chi connectivity index (χ1) is 8.69. The number of likely N-dealkylation sites (tertiary alicyclic amines) is 1. The fraction of sp³-hybridized carbons (Fsp3) is 0.933. The molecule has 18 heavy (non-hydrogen) atoms.